The molecule has 0 aliphatic rings. The molecule has 0 unspecified atom stereocenters. The SMILES string of the molecule is Cc1cc(C)cc(NC(=O)COc2cc(C)nc3ccccc23)c1. The summed E-state index contributed by atoms with van der Waals surface area (Å²) in [4.78, 5) is 16.6. The van der Waals surface area contributed by atoms with E-state index in [0.29, 0.717) is 5.75 Å². The van der Waals surface area contributed by atoms with Gasteiger partial charge in [-0.2, -0.15) is 0 Å². The molecule has 4 heteroatoms. The fourth-order valence-electron chi connectivity index (χ4n) is 2.78. The highest BCUT2D eigenvalue weighted by Gasteiger charge is 2.08. The van der Waals surface area contributed by atoms with Crippen LogP contribution in [0.4, 0.5) is 5.69 Å². The van der Waals surface area contributed by atoms with Gasteiger partial charge in [0.2, 0.25) is 0 Å². The van der Waals surface area contributed by atoms with Crippen molar-refractivity contribution in [2.24, 2.45) is 0 Å². The zero-order valence-electron chi connectivity index (χ0n) is 14.1. The number of aryl methyl sites for hydroxylation is 3. The molecule has 24 heavy (non-hydrogen) atoms. The molecule has 0 saturated carbocycles. The molecule has 0 atom stereocenters. The minimum Gasteiger partial charge on any atom is -0.483 e. The van der Waals surface area contributed by atoms with E-state index in [1.165, 1.54) is 0 Å². The number of nitrogens with zero attached hydrogens (tertiary/aromatic N) is 1. The van der Waals surface area contributed by atoms with E-state index in [2.05, 4.69) is 16.4 Å². The van der Waals surface area contributed by atoms with Crippen LogP contribution in [-0.2, 0) is 4.79 Å². The molecule has 0 fully saturated rings. The number of anilines is 1. The number of ether oxygens (including phenoxy) is 1. The quantitative estimate of drug-likeness (QED) is 0.784. The number of hydrogen-bond acceptors (Lipinski definition) is 3. The topological polar surface area (TPSA) is 51.2 Å². The minimum absolute atomic E-state index is 0.0412. The predicted octanol–water partition coefficient (Wildman–Crippen LogP) is 4.18. The molecule has 1 heterocycles. The highest BCUT2D eigenvalue weighted by atomic mass is 16.5. The fraction of sp³-hybridized carbons (Fsp3) is 0.200. The number of para-hydroxylation sites is 1. The van der Waals surface area contributed by atoms with E-state index in [1.807, 2.05) is 63.2 Å². The summed E-state index contributed by atoms with van der Waals surface area (Å²) in [6, 6.07) is 15.6. The maximum Gasteiger partial charge on any atom is 0.262 e. The third kappa shape index (κ3) is 3.71. The van der Waals surface area contributed by atoms with E-state index in [4.69, 9.17) is 4.74 Å². The molecular weight excluding hydrogens is 300 g/mol. The summed E-state index contributed by atoms with van der Waals surface area (Å²) in [6.45, 7) is 5.88. The number of fused-ring (bicyclic) bond motifs is 1. The Bertz CT molecular complexity index is 883. The first-order valence-electron chi connectivity index (χ1n) is 7.88. The van der Waals surface area contributed by atoms with Gasteiger partial charge >= 0.3 is 0 Å². The second kappa shape index (κ2) is 6.71. The van der Waals surface area contributed by atoms with Crippen molar-refractivity contribution in [1.29, 1.82) is 0 Å². The van der Waals surface area contributed by atoms with E-state index in [1.54, 1.807) is 0 Å². The Hall–Kier alpha value is -2.88. The number of benzene rings is 2. The molecule has 0 aliphatic carbocycles. The summed E-state index contributed by atoms with van der Waals surface area (Å²) in [6.07, 6.45) is 0. The minimum atomic E-state index is -0.182. The second-order valence-electron chi connectivity index (χ2n) is 5.99. The van der Waals surface area contributed by atoms with Crippen LogP contribution in [0, 0.1) is 20.8 Å². The lowest BCUT2D eigenvalue weighted by Crippen LogP contribution is -2.20. The van der Waals surface area contributed by atoms with Gasteiger partial charge in [-0.15, -0.1) is 0 Å². The maximum absolute atomic E-state index is 12.2. The van der Waals surface area contributed by atoms with Gasteiger partial charge in [0.25, 0.3) is 5.91 Å². The summed E-state index contributed by atoms with van der Waals surface area (Å²) < 4.78 is 5.74. The largest absolute Gasteiger partial charge is 0.483 e. The fourth-order valence-corrected chi connectivity index (χ4v) is 2.78. The molecule has 2 aromatic carbocycles. The summed E-state index contributed by atoms with van der Waals surface area (Å²) >= 11 is 0. The van der Waals surface area contributed by atoms with Crippen molar-refractivity contribution < 1.29 is 9.53 Å². The second-order valence-corrected chi connectivity index (χ2v) is 5.99. The van der Waals surface area contributed by atoms with Crippen LogP contribution >= 0.6 is 0 Å². The highest BCUT2D eigenvalue weighted by molar-refractivity contribution is 5.92. The van der Waals surface area contributed by atoms with Gasteiger partial charge in [0.05, 0.1) is 5.52 Å². The molecule has 0 spiro atoms. The van der Waals surface area contributed by atoms with Crippen molar-refractivity contribution in [3.63, 3.8) is 0 Å². The Morgan fingerprint density at radius 2 is 1.75 bits per heavy atom. The highest BCUT2D eigenvalue weighted by Crippen LogP contribution is 2.25. The Kier molecular flexibility index (Phi) is 4.47. The van der Waals surface area contributed by atoms with Gasteiger partial charge in [0, 0.05) is 22.8 Å². The van der Waals surface area contributed by atoms with Gasteiger partial charge in [0.1, 0.15) is 5.75 Å². The molecule has 4 nitrogen and oxygen atoms in total. The smallest absolute Gasteiger partial charge is 0.262 e. The van der Waals surface area contributed by atoms with Gasteiger partial charge in [-0.1, -0.05) is 18.2 Å². The number of aromatic nitrogens is 1. The molecule has 1 aromatic heterocycles. The van der Waals surface area contributed by atoms with Crippen LogP contribution in [0.3, 0.4) is 0 Å². The average molecular weight is 320 g/mol. The van der Waals surface area contributed by atoms with Gasteiger partial charge in [0.15, 0.2) is 6.61 Å². The number of pyridine rings is 1. The molecule has 1 N–H and O–H groups in total. The number of nitrogens with one attached hydrogen (secondary N) is 1. The predicted molar refractivity (Wildman–Crippen MR) is 96.5 cm³/mol. The third-order valence-corrected chi connectivity index (χ3v) is 3.67. The van der Waals surface area contributed by atoms with Crippen molar-refractivity contribution in [3.05, 3.63) is 65.4 Å². The number of hydrogen-bond donors (Lipinski definition) is 1. The van der Waals surface area contributed by atoms with E-state index in [-0.39, 0.29) is 12.5 Å². The standard InChI is InChI=1S/C20H20N2O2/c1-13-8-14(2)10-16(9-13)22-20(23)12-24-19-11-15(3)21-18-7-5-4-6-17(18)19/h4-11H,12H2,1-3H3,(H,22,23). The van der Waals surface area contributed by atoms with Crippen LogP contribution in [0.25, 0.3) is 10.9 Å². The molecule has 0 aliphatic heterocycles. The summed E-state index contributed by atoms with van der Waals surface area (Å²) in [7, 11) is 0. The van der Waals surface area contributed by atoms with Crippen LogP contribution in [0.15, 0.2) is 48.5 Å². The monoisotopic (exact) mass is 320 g/mol. The van der Waals surface area contributed by atoms with Gasteiger partial charge in [-0.3, -0.25) is 9.78 Å². The lowest BCUT2D eigenvalue weighted by Gasteiger charge is -2.11. The maximum atomic E-state index is 12.2. The van der Waals surface area contributed by atoms with Crippen molar-refractivity contribution in [1.82, 2.24) is 4.98 Å². The van der Waals surface area contributed by atoms with Crippen LogP contribution in [0.1, 0.15) is 16.8 Å². The first-order valence-corrected chi connectivity index (χ1v) is 7.88. The molecule has 3 rings (SSSR count). The van der Waals surface area contributed by atoms with E-state index >= 15 is 0 Å². The zero-order valence-corrected chi connectivity index (χ0v) is 14.1. The first kappa shape index (κ1) is 16.0. The lowest BCUT2D eigenvalue weighted by molar-refractivity contribution is -0.118. The molecule has 1 amide bonds. The number of carbonyl (C=O) groups is 1. The normalized spacial score (nSPS) is 10.6. The van der Waals surface area contributed by atoms with Crippen LogP contribution in [-0.4, -0.2) is 17.5 Å². The van der Waals surface area contributed by atoms with Crippen LogP contribution in [0.2, 0.25) is 0 Å². The third-order valence-electron chi connectivity index (χ3n) is 3.67. The van der Waals surface area contributed by atoms with Crippen LogP contribution < -0.4 is 10.1 Å². The van der Waals surface area contributed by atoms with E-state index in [0.717, 1.165) is 33.4 Å². The summed E-state index contributed by atoms with van der Waals surface area (Å²) in [5.41, 5.74) is 4.74. The van der Waals surface area contributed by atoms with Crippen LogP contribution in [0.5, 0.6) is 5.75 Å². The van der Waals surface area contributed by atoms with Crippen molar-refractivity contribution >= 4 is 22.5 Å². The molecular formula is C20H20N2O2. The number of carbonyl (C=O) groups excluding carboxylic acids is 1. The van der Waals surface area contributed by atoms with E-state index < -0.39 is 0 Å². The van der Waals surface area contributed by atoms with E-state index in [9.17, 15) is 4.79 Å². The lowest BCUT2D eigenvalue weighted by atomic mass is 10.1. The van der Waals surface area contributed by atoms with Gasteiger partial charge < -0.3 is 10.1 Å². The summed E-state index contributed by atoms with van der Waals surface area (Å²) in [5, 5.41) is 3.78. The van der Waals surface area contributed by atoms with Crippen molar-refractivity contribution in [3.8, 4) is 5.75 Å². The Morgan fingerprint density at radius 3 is 2.50 bits per heavy atom. The molecule has 0 bridgehead atoms. The van der Waals surface area contributed by atoms with Crippen molar-refractivity contribution in [2.45, 2.75) is 20.8 Å². The molecule has 0 saturated heterocycles. The zero-order chi connectivity index (χ0) is 17.1. The molecule has 3 aromatic rings. The first-order chi connectivity index (χ1) is 11.5. The Balaban J connectivity index is 1.72. The number of rotatable bonds is 4. The van der Waals surface area contributed by atoms with Gasteiger partial charge in [-0.05, 0) is 56.2 Å². The summed E-state index contributed by atoms with van der Waals surface area (Å²) in [5.74, 6) is 0.493. The van der Waals surface area contributed by atoms with Crippen molar-refractivity contribution in [2.75, 3.05) is 11.9 Å². The average Bonchev–Trinajstić information content (AvgIpc) is 2.51. The Morgan fingerprint density at radius 1 is 1.04 bits per heavy atom. The Labute approximate surface area is 141 Å². The van der Waals surface area contributed by atoms with Gasteiger partial charge in [-0.25, -0.2) is 0 Å². The molecule has 0 radical (unpaired) electrons. The molecule has 122 valence electrons. The number of amides is 1.